The lowest BCUT2D eigenvalue weighted by atomic mass is 10.1. The number of rotatable bonds is 5. The molecule has 0 aliphatic rings. The van der Waals surface area contributed by atoms with Gasteiger partial charge < -0.3 is 20.9 Å². The maximum Gasteiger partial charge on any atom is 0.319 e. The molecule has 0 fully saturated rings. The molecule has 1 aromatic rings. The highest BCUT2D eigenvalue weighted by atomic mass is 19.1. The van der Waals surface area contributed by atoms with E-state index in [2.05, 4.69) is 16.0 Å². The quantitative estimate of drug-likeness (QED) is 0.725. The summed E-state index contributed by atoms with van der Waals surface area (Å²) >= 11 is 0. The number of aryl methyl sites for hydroxylation is 1. The number of carbonyl (C=O) groups excluding carboxylic acids is 2. The molecular weight excluding hydrogens is 275 g/mol. The highest BCUT2D eigenvalue weighted by Gasteiger charge is 2.06. The monoisotopic (exact) mass is 296 g/mol. The van der Waals surface area contributed by atoms with Crippen LogP contribution in [0.3, 0.4) is 0 Å². The van der Waals surface area contributed by atoms with E-state index in [4.69, 9.17) is 0 Å². The Morgan fingerprint density at radius 1 is 1.19 bits per heavy atom. The van der Waals surface area contributed by atoms with Crippen LogP contribution >= 0.6 is 0 Å². The first-order chi connectivity index (χ1) is 9.93. The lowest BCUT2D eigenvalue weighted by Gasteiger charge is -2.12. The summed E-state index contributed by atoms with van der Waals surface area (Å²) in [6, 6.07) is 3.90. The first-order valence-electron chi connectivity index (χ1n) is 6.72. The van der Waals surface area contributed by atoms with Crippen LogP contribution in [0.15, 0.2) is 18.2 Å². The zero-order chi connectivity index (χ0) is 15.8. The number of benzene rings is 1. The molecule has 0 aromatic heterocycles. The molecule has 0 radical (unpaired) electrons. The van der Waals surface area contributed by atoms with E-state index < -0.39 is 6.03 Å². The zero-order valence-corrected chi connectivity index (χ0v) is 12.5. The highest BCUT2D eigenvalue weighted by Crippen LogP contribution is 2.14. The van der Waals surface area contributed by atoms with Crippen molar-refractivity contribution in [1.82, 2.24) is 15.5 Å². The van der Waals surface area contributed by atoms with E-state index in [0.29, 0.717) is 24.2 Å². The van der Waals surface area contributed by atoms with Crippen molar-refractivity contribution in [3.8, 4) is 0 Å². The number of urea groups is 2. The summed E-state index contributed by atoms with van der Waals surface area (Å²) in [5, 5.41) is 7.71. The molecule has 0 unspecified atom stereocenters. The maximum absolute atomic E-state index is 13.5. The van der Waals surface area contributed by atoms with E-state index >= 15 is 0 Å². The average molecular weight is 296 g/mol. The summed E-state index contributed by atoms with van der Waals surface area (Å²) in [5.41, 5.74) is 0.992. The Hall–Kier alpha value is -2.31. The van der Waals surface area contributed by atoms with Gasteiger partial charge >= 0.3 is 12.1 Å². The summed E-state index contributed by atoms with van der Waals surface area (Å²) in [4.78, 5) is 24.2. The minimum atomic E-state index is -0.447. The van der Waals surface area contributed by atoms with Crippen LogP contribution in [-0.4, -0.2) is 44.1 Å². The second kappa shape index (κ2) is 8.08. The average Bonchev–Trinajstić information content (AvgIpc) is 2.43. The fraction of sp³-hybridized carbons (Fsp3) is 0.429. The molecule has 0 aliphatic carbocycles. The lowest BCUT2D eigenvalue weighted by molar-refractivity contribution is 0.217. The Bertz CT molecular complexity index is 506. The SMILES string of the molecule is CCc1ccc(NC(=O)NCCNC(=O)N(C)C)cc1F. The third-order valence-corrected chi connectivity index (χ3v) is 2.78. The van der Waals surface area contributed by atoms with Crippen molar-refractivity contribution < 1.29 is 14.0 Å². The van der Waals surface area contributed by atoms with E-state index in [1.54, 1.807) is 26.2 Å². The van der Waals surface area contributed by atoms with Gasteiger partial charge in [0.15, 0.2) is 0 Å². The van der Waals surface area contributed by atoms with Crippen molar-refractivity contribution in [2.24, 2.45) is 0 Å². The van der Waals surface area contributed by atoms with Crippen LogP contribution in [0.2, 0.25) is 0 Å². The van der Waals surface area contributed by atoms with Gasteiger partial charge in [0.25, 0.3) is 0 Å². The van der Waals surface area contributed by atoms with Crippen LogP contribution in [0, 0.1) is 5.82 Å². The number of anilines is 1. The van der Waals surface area contributed by atoms with E-state index in [1.807, 2.05) is 6.92 Å². The molecule has 0 heterocycles. The molecule has 0 atom stereocenters. The maximum atomic E-state index is 13.5. The van der Waals surface area contributed by atoms with Crippen molar-refractivity contribution in [1.29, 1.82) is 0 Å². The molecule has 0 spiro atoms. The van der Waals surface area contributed by atoms with Crippen molar-refractivity contribution in [3.63, 3.8) is 0 Å². The smallest absolute Gasteiger partial charge is 0.319 e. The van der Waals surface area contributed by atoms with Gasteiger partial charge in [-0.3, -0.25) is 0 Å². The standard InChI is InChI=1S/C14H21FN4O2/c1-4-10-5-6-11(9-12(10)15)18-13(20)16-7-8-17-14(21)19(2)3/h5-6,9H,4,7-8H2,1-3H3,(H,17,21)(H2,16,18,20). The number of nitrogens with zero attached hydrogens (tertiary/aromatic N) is 1. The molecule has 1 aromatic carbocycles. The molecule has 7 heteroatoms. The molecule has 6 nitrogen and oxygen atoms in total. The van der Waals surface area contributed by atoms with Gasteiger partial charge in [-0.2, -0.15) is 0 Å². The highest BCUT2D eigenvalue weighted by molar-refractivity contribution is 5.89. The minimum Gasteiger partial charge on any atom is -0.336 e. The molecule has 3 N–H and O–H groups in total. The number of nitrogens with one attached hydrogen (secondary N) is 3. The number of halogens is 1. The van der Waals surface area contributed by atoms with Crippen LogP contribution in [-0.2, 0) is 6.42 Å². The van der Waals surface area contributed by atoms with Gasteiger partial charge in [0, 0.05) is 32.9 Å². The minimum absolute atomic E-state index is 0.227. The van der Waals surface area contributed by atoms with Crippen LogP contribution in [0.5, 0.6) is 0 Å². The molecular formula is C14H21FN4O2. The van der Waals surface area contributed by atoms with Gasteiger partial charge in [-0.1, -0.05) is 13.0 Å². The van der Waals surface area contributed by atoms with E-state index in [0.717, 1.165) is 0 Å². The fourth-order valence-corrected chi connectivity index (χ4v) is 1.59. The molecule has 0 saturated heterocycles. The molecule has 0 bridgehead atoms. The second-order valence-corrected chi connectivity index (χ2v) is 4.67. The van der Waals surface area contributed by atoms with Gasteiger partial charge in [-0.25, -0.2) is 14.0 Å². The summed E-state index contributed by atoms with van der Waals surface area (Å²) in [6.07, 6.45) is 0.601. The molecule has 0 saturated carbocycles. The zero-order valence-electron chi connectivity index (χ0n) is 12.5. The number of hydrogen-bond acceptors (Lipinski definition) is 2. The third kappa shape index (κ3) is 5.68. The Morgan fingerprint density at radius 2 is 1.86 bits per heavy atom. The van der Waals surface area contributed by atoms with Gasteiger partial charge in [0.1, 0.15) is 5.82 Å². The summed E-state index contributed by atoms with van der Waals surface area (Å²) in [6.45, 7) is 2.45. The summed E-state index contributed by atoms with van der Waals surface area (Å²) in [7, 11) is 3.26. The Morgan fingerprint density at radius 3 is 2.43 bits per heavy atom. The van der Waals surface area contributed by atoms with E-state index in [1.165, 1.54) is 11.0 Å². The number of amides is 4. The Kier molecular flexibility index (Phi) is 6.45. The number of carbonyl (C=O) groups is 2. The van der Waals surface area contributed by atoms with Gasteiger partial charge in [0.05, 0.1) is 0 Å². The summed E-state index contributed by atoms with van der Waals surface area (Å²) < 4.78 is 13.5. The van der Waals surface area contributed by atoms with Crippen molar-refractivity contribution in [2.75, 3.05) is 32.5 Å². The van der Waals surface area contributed by atoms with Gasteiger partial charge in [-0.15, -0.1) is 0 Å². The molecule has 116 valence electrons. The van der Waals surface area contributed by atoms with Crippen LogP contribution in [0.4, 0.5) is 19.7 Å². The number of hydrogen-bond donors (Lipinski definition) is 3. The predicted octanol–water partition coefficient (Wildman–Crippen LogP) is 1.78. The summed E-state index contributed by atoms with van der Waals surface area (Å²) in [5.74, 6) is -0.339. The van der Waals surface area contributed by atoms with Gasteiger partial charge in [0.2, 0.25) is 0 Å². The second-order valence-electron chi connectivity index (χ2n) is 4.67. The topological polar surface area (TPSA) is 73.5 Å². The first-order valence-corrected chi connectivity index (χ1v) is 6.72. The molecule has 0 aliphatic heterocycles. The van der Waals surface area contributed by atoms with Crippen molar-refractivity contribution >= 4 is 17.7 Å². The fourth-order valence-electron chi connectivity index (χ4n) is 1.59. The van der Waals surface area contributed by atoms with Crippen molar-refractivity contribution in [2.45, 2.75) is 13.3 Å². The molecule has 4 amide bonds. The Balaban J connectivity index is 2.34. The van der Waals surface area contributed by atoms with E-state index in [9.17, 15) is 14.0 Å². The van der Waals surface area contributed by atoms with E-state index in [-0.39, 0.29) is 18.4 Å². The third-order valence-electron chi connectivity index (χ3n) is 2.78. The largest absolute Gasteiger partial charge is 0.336 e. The van der Waals surface area contributed by atoms with Crippen molar-refractivity contribution in [3.05, 3.63) is 29.6 Å². The normalized spacial score (nSPS) is 9.90. The van der Waals surface area contributed by atoms with Crippen LogP contribution in [0.25, 0.3) is 0 Å². The van der Waals surface area contributed by atoms with Crippen LogP contribution < -0.4 is 16.0 Å². The first kappa shape index (κ1) is 16.7. The molecule has 1 rings (SSSR count). The Labute approximate surface area is 123 Å². The predicted molar refractivity (Wildman–Crippen MR) is 79.9 cm³/mol. The lowest BCUT2D eigenvalue weighted by Crippen LogP contribution is -2.40. The van der Waals surface area contributed by atoms with Gasteiger partial charge in [-0.05, 0) is 24.1 Å². The molecule has 21 heavy (non-hydrogen) atoms. The van der Waals surface area contributed by atoms with Crippen LogP contribution in [0.1, 0.15) is 12.5 Å².